The first kappa shape index (κ1) is 13.1. The SMILES string of the molecule is O=C(O)c1ccc(CN2CCC3CCCCC3C2)s1. The molecule has 4 heteroatoms. The summed E-state index contributed by atoms with van der Waals surface area (Å²) in [6, 6.07) is 3.71. The topological polar surface area (TPSA) is 40.5 Å². The molecule has 2 atom stereocenters. The fourth-order valence-electron chi connectivity index (χ4n) is 3.62. The van der Waals surface area contributed by atoms with Crippen molar-refractivity contribution in [1.29, 1.82) is 0 Å². The molecule has 2 aliphatic rings. The van der Waals surface area contributed by atoms with Crippen molar-refractivity contribution in [2.45, 2.75) is 38.6 Å². The third-order valence-corrected chi connectivity index (χ3v) is 5.69. The zero-order chi connectivity index (χ0) is 13.2. The van der Waals surface area contributed by atoms with E-state index in [-0.39, 0.29) is 0 Å². The van der Waals surface area contributed by atoms with Crippen LogP contribution in [0.1, 0.15) is 46.7 Å². The quantitative estimate of drug-likeness (QED) is 0.921. The fourth-order valence-corrected chi connectivity index (χ4v) is 4.51. The number of carboxylic acids is 1. The zero-order valence-electron chi connectivity index (χ0n) is 11.2. The van der Waals surface area contributed by atoms with Gasteiger partial charge in [0.05, 0.1) is 0 Å². The van der Waals surface area contributed by atoms with E-state index >= 15 is 0 Å². The summed E-state index contributed by atoms with van der Waals surface area (Å²) in [7, 11) is 0. The molecule has 19 heavy (non-hydrogen) atoms. The molecule has 0 amide bonds. The first-order valence-electron chi connectivity index (χ1n) is 7.27. The number of fused-ring (bicyclic) bond motifs is 1. The Bertz CT molecular complexity index is 457. The third-order valence-electron chi connectivity index (χ3n) is 4.63. The summed E-state index contributed by atoms with van der Waals surface area (Å²) in [6.07, 6.45) is 6.99. The summed E-state index contributed by atoms with van der Waals surface area (Å²) in [6.45, 7) is 3.33. The molecular weight excluding hydrogens is 258 g/mol. The Labute approximate surface area is 118 Å². The van der Waals surface area contributed by atoms with Gasteiger partial charge < -0.3 is 5.11 Å². The van der Waals surface area contributed by atoms with Gasteiger partial charge in [0.2, 0.25) is 0 Å². The third kappa shape index (κ3) is 3.00. The van der Waals surface area contributed by atoms with E-state index in [0.717, 1.165) is 18.4 Å². The molecule has 1 aliphatic carbocycles. The van der Waals surface area contributed by atoms with Crippen molar-refractivity contribution in [1.82, 2.24) is 4.90 Å². The van der Waals surface area contributed by atoms with Crippen molar-refractivity contribution < 1.29 is 9.90 Å². The molecule has 2 unspecified atom stereocenters. The molecule has 0 radical (unpaired) electrons. The van der Waals surface area contributed by atoms with Gasteiger partial charge in [-0.3, -0.25) is 4.90 Å². The molecule has 0 spiro atoms. The van der Waals surface area contributed by atoms with E-state index in [1.165, 1.54) is 61.4 Å². The minimum Gasteiger partial charge on any atom is -0.477 e. The minimum absolute atomic E-state index is 0.461. The van der Waals surface area contributed by atoms with Crippen LogP contribution >= 0.6 is 11.3 Å². The number of likely N-dealkylation sites (tertiary alicyclic amines) is 1. The summed E-state index contributed by atoms with van der Waals surface area (Å²) in [5.41, 5.74) is 0. The standard InChI is InChI=1S/C15H21NO2S/c17-15(18)14-6-5-13(19-14)10-16-8-7-11-3-1-2-4-12(11)9-16/h5-6,11-12H,1-4,7-10H2,(H,17,18). The lowest BCUT2D eigenvalue weighted by molar-refractivity contribution is 0.0702. The number of rotatable bonds is 3. The maximum Gasteiger partial charge on any atom is 0.345 e. The highest BCUT2D eigenvalue weighted by Gasteiger charge is 2.31. The number of hydrogen-bond donors (Lipinski definition) is 1. The molecule has 0 bridgehead atoms. The highest BCUT2D eigenvalue weighted by Crippen LogP contribution is 2.36. The fraction of sp³-hybridized carbons (Fsp3) is 0.667. The van der Waals surface area contributed by atoms with Crippen LogP contribution in [-0.2, 0) is 6.54 Å². The lowest BCUT2D eigenvalue weighted by Gasteiger charge is -2.41. The van der Waals surface area contributed by atoms with Crippen LogP contribution in [0.5, 0.6) is 0 Å². The van der Waals surface area contributed by atoms with Crippen molar-refractivity contribution >= 4 is 17.3 Å². The minimum atomic E-state index is -0.803. The lowest BCUT2D eigenvalue weighted by Crippen LogP contribution is -2.41. The van der Waals surface area contributed by atoms with E-state index in [1.54, 1.807) is 6.07 Å². The van der Waals surface area contributed by atoms with Crippen molar-refractivity contribution in [2.24, 2.45) is 11.8 Å². The van der Waals surface area contributed by atoms with Gasteiger partial charge in [0.25, 0.3) is 0 Å². The number of hydrogen-bond acceptors (Lipinski definition) is 3. The average molecular weight is 279 g/mol. The van der Waals surface area contributed by atoms with Crippen molar-refractivity contribution in [3.8, 4) is 0 Å². The Morgan fingerprint density at radius 1 is 1.26 bits per heavy atom. The Morgan fingerprint density at radius 2 is 2.05 bits per heavy atom. The molecule has 1 N–H and O–H groups in total. The van der Waals surface area contributed by atoms with Gasteiger partial charge in [-0.25, -0.2) is 4.79 Å². The summed E-state index contributed by atoms with van der Waals surface area (Å²) < 4.78 is 0. The van der Waals surface area contributed by atoms with E-state index in [1.807, 2.05) is 6.07 Å². The number of piperidine rings is 1. The normalized spacial score (nSPS) is 28.0. The van der Waals surface area contributed by atoms with Gasteiger partial charge in [0.15, 0.2) is 0 Å². The molecule has 2 fully saturated rings. The molecule has 1 aromatic rings. The Morgan fingerprint density at radius 3 is 2.79 bits per heavy atom. The molecule has 3 nitrogen and oxygen atoms in total. The maximum atomic E-state index is 10.9. The first-order chi connectivity index (χ1) is 9.22. The lowest BCUT2D eigenvalue weighted by atomic mass is 9.75. The van der Waals surface area contributed by atoms with Gasteiger partial charge in [0.1, 0.15) is 4.88 Å². The van der Waals surface area contributed by atoms with Crippen LogP contribution in [0.15, 0.2) is 12.1 Å². The van der Waals surface area contributed by atoms with E-state index in [9.17, 15) is 4.79 Å². The zero-order valence-corrected chi connectivity index (χ0v) is 12.0. The van der Waals surface area contributed by atoms with Crippen LogP contribution in [-0.4, -0.2) is 29.1 Å². The van der Waals surface area contributed by atoms with Crippen LogP contribution in [0.3, 0.4) is 0 Å². The van der Waals surface area contributed by atoms with Crippen molar-refractivity contribution in [3.05, 3.63) is 21.9 Å². The molecule has 1 aromatic heterocycles. The van der Waals surface area contributed by atoms with Crippen LogP contribution < -0.4 is 0 Å². The predicted molar refractivity (Wildman–Crippen MR) is 76.6 cm³/mol. The summed E-state index contributed by atoms with van der Waals surface area (Å²) in [5.74, 6) is 1.05. The van der Waals surface area contributed by atoms with Gasteiger partial charge in [-0.2, -0.15) is 0 Å². The number of carboxylic acid groups (broad SMARTS) is 1. The monoisotopic (exact) mass is 279 g/mol. The van der Waals surface area contributed by atoms with Crippen molar-refractivity contribution in [2.75, 3.05) is 13.1 Å². The van der Waals surface area contributed by atoms with Crippen LogP contribution in [0.25, 0.3) is 0 Å². The number of nitrogens with zero attached hydrogens (tertiary/aromatic N) is 1. The van der Waals surface area contributed by atoms with E-state index in [4.69, 9.17) is 5.11 Å². The molecule has 2 heterocycles. The predicted octanol–water partition coefficient (Wildman–Crippen LogP) is 3.46. The van der Waals surface area contributed by atoms with Gasteiger partial charge >= 0.3 is 5.97 Å². The van der Waals surface area contributed by atoms with Gasteiger partial charge in [0, 0.05) is 18.0 Å². The highest BCUT2D eigenvalue weighted by molar-refractivity contribution is 7.13. The second-order valence-electron chi connectivity index (χ2n) is 5.90. The molecule has 3 rings (SSSR count). The van der Waals surface area contributed by atoms with Crippen molar-refractivity contribution in [3.63, 3.8) is 0 Å². The molecule has 0 aromatic carbocycles. The largest absolute Gasteiger partial charge is 0.477 e. The Hall–Kier alpha value is -0.870. The number of aromatic carboxylic acids is 1. The summed E-state index contributed by atoms with van der Waals surface area (Å²) >= 11 is 1.42. The smallest absolute Gasteiger partial charge is 0.345 e. The van der Waals surface area contributed by atoms with E-state index in [0.29, 0.717) is 4.88 Å². The molecule has 104 valence electrons. The van der Waals surface area contributed by atoms with E-state index < -0.39 is 5.97 Å². The summed E-state index contributed by atoms with van der Waals surface area (Å²) in [4.78, 5) is 15.1. The molecule has 1 saturated carbocycles. The number of carbonyl (C=O) groups is 1. The molecular formula is C15H21NO2S. The Balaban J connectivity index is 1.59. The van der Waals surface area contributed by atoms with Gasteiger partial charge in [-0.1, -0.05) is 19.3 Å². The first-order valence-corrected chi connectivity index (χ1v) is 8.08. The second-order valence-corrected chi connectivity index (χ2v) is 7.07. The Kier molecular flexibility index (Phi) is 3.89. The highest BCUT2D eigenvalue weighted by atomic mass is 32.1. The van der Waals surface area contributed by atoms with E-state index in [2.05, 4.69) is 4.90 Å². The van der Waals surface area contributed by atoms with Gasteiger partial charge in [-0.15, -0.1) is 11.3 Å². The van der Waals surface area contributed by atoms with Gasteiger partial charge in [-0.05, 0) is 43.4 Å². The maximum absolute atomic E-state index is 10.9. The van der Waals surface area contributed by atoms with Crippen LogP contribution in [0.2, 0.25) is 0 Å². The second kappa shape index (κ2) is 5.63. The van der Waals surface area contributed by atoms with Crippen LogP contribution in [0, 0.1) is 11.8 Å². The van der Waals surface area contributed by atoms with Crippen LogP contribution in [0.4, 0.5) is 0 Å². The molecule has 1 saturated heterocycles. The molecule has 1 aliphatic heterocycles. The number of thiophene rings is 1. The summed E-state index contributed by atoms with van der Waals surface area (Å²) in [5, 5.41) is 8.96. The average Bonchev–Trinajstić information content (AvgIpc) is 2.87.